The summed E-state index contributed by atoms with van der Waals surface area (Å²) in [6.07, 6.45) is 1.07. The van der Waals surface area contributed by atoms with Gasteiger partial charge in [0.05, 0.1) is 6.04 Å². The van der Waals surface area contributed by atoms with Crippen LogP contribution in [0.25, 0.3) is 0 Å². The molecule has 0 bridgehead atoms. The summed E-state index contributed by atoms with van der Waals surface area (Å²) in [5, 5.41) is 13.7. The molecule has 4 nitrogen and oxygen atoms in total. The van der Waals surface area contributed by atoms with E-state index in [0.29, 0.717) is 6.04 Å². The van der Waals surface area contributed by atoms with Gasteiger partial charge >= 0.3 is 0 Å². The van der Waals surface area contributed by atoms with Gasteiger partial charge in [-0.3, -0.25) is 0 Å². The Morgan fingerprint density at radius 1 is 1.33 bits per heavy atom. The van der Waals surface area contributed by atoms with Crippen LogP contribution in [0.5, 0.6) is 0 Å². The van der Waals surface area contributed by atoms with E-state index < -0.39 is 0 Å². The van der Waals surface area contributed by atoms with Crippen molar-refractivity contribution in [2.45, 2.75) is 39.3 Å². The van der Waals surface area contributed by atoms with Gasteiger partial charge in [0.2, 0.25) is 0 Å². The Morgan fingerprint density at radius 3 is 2.53 bits per heavy atom. The SMILES string of the molecule is CCNC(CC)c1nnc(C(C)OC)s1. The zero-order valence-electron chi connectivity index (χ0n) is 9.78. The fourth-order valence-electron chi connectivity index (χ4n) is 1.31. The zero-order valence-corrected chi connectivity index (χ0v) is 10.6. The first-order chi connectivity index (χ1) is 7.22. The fourth-order valence-corrected chi connectivity index (χ4v) is 2.34. The Hall–Kier alpha value is -0.520. The van der Waals surface area contributed by atoms with Gasteiger partial charge in [-0.25, -0.2) is 0 Å². The van der Waals surface area contributed by atoms with Gasteiger partial charge in [0.25, 0.3) is 0 Å². The van der Waals surface area contributed by atoms with Crippen LogP contribution in [-0.4, -0.2) is 23.9 Å². The molecule has 0 aliphatic carbocycles. The summed E-state index contributed by atoms with van der Waals surface area (Å²) >= 11 is 1.63. The van der Waals surface area contributed by atoms with Crippen molar-refractivity contribution in [3.63, 3.8) is 0 Å². The minimum atomic E-state index is 0.0374. The molecular weight excluding hydrogens is 210 g/mol. The lowest BCUT2D eigenvalue weighted by molar-refractivity contribution is 0.118. The zero-order chi connectivity index (χ0) is 11.3. The first-order valence-corrected chi connectivity index (χ1v) is 6.14. The molecule has 0 aliphatic heterocycles. The van der Waals surface area contributed by atoms with E-state index in [0.717, 1.165) is 23.0 Å². The Balaban J connectivity index is 2.72. The molecule has 0 aliphatic rings. The molecule has 86 valence electrons. The molecule has 15 heavy (non-hydrogen) atoms. The van der Waals surface area contributed by atoms with Crippen LogP contribution < -0.4 is 5.32 Å². The maximum absolute atomic E-state index is 5.21. The molecule has 2 atom stereocenters. The number of methoxy groups -OCH3 is 1. The van der Waals surface area contributed by atoms with Gasteiger partial charge < -0.3 is 10.1 Å². The Kier molecular flexibility index (Phi) is 5.14. The maximum atomic E-state index is 5.21. The van der Waals surface area contributed by atoms with Gasteiger partial charge in [0.1, 0.15) is 16.1 Å². The summed E-state index contributed by atoms with van der Waals surface area (Å²) in [6, 6.07) is 0.324. The van der Waals surface area contributed by atoms with Gasteiger partial charge in [0.15, 0.2) is 0 Å². The fraction of sp³-hybridized carbons (Fsp3) is 0.800. The smallest absolute Gasteiger partial charge is 0.146 e. The molecule has 0 radical (unpaired) electrons. The van der Waals surface area contributed by atoms with Crippen molar-refractivity contribution in [2.75, 3.05) is 13.7 Å². The minimum Gasteiger partial charge on any atom is -0.374 e. The molecule has 1 heterocycles. The summed E-state index contributed by atoms with van der Waals surface area (Å²) in [6.45, 7) is 7.18. The van der Waals surface area contributed by atoms with Crippen molar-refractivity contribution in [1.82, 2.24) is 15.5 Å². The van der Waals surface area contributed by atoms with Crippen LogP contribution in [0.3, 0.4) is 0 Å². The molecule has 1 N–H and O–H groups in total. The second-order valence-electron chi connectivity index (χ2n) is 3.37. The van der Waals surface area contributed by atoms with Crippen molar-refractivity contribution in [1.29, 1.82) is 0 Å². The van der Waals surface area contributed by atoms with Gasteiger partial charge in [-0.15, -0.1) is 10.2 Å². The van der Waals surface area contributed by atoms with E-state index in [1.807, 2.05) is 6.92 Å². The summed E-state index contributed by atoms with van der Waals surface area (Å²) in [5.41, 5.74) is 0. The predicted octanol–water partition coefficient (Wildman–Crippen LogP) is 2.31. The van der Waals surface area contributed by atoms with E-state index in [1.54, 1.807) is 18.4 Å². The molecule has 5 heteroatoms. The lowest BCUT2D eigenvalue weighted by atomic mass is 10.2. The summed E-state index contributed by atoms with van der Waals surface area (Å²) in [7, 11) is 1.69. The van der Waals surface area contributed by atoms with E-state index in [1.165, 1.54) is 0 Å². The summed E-state index contributed by atoms with van der Waals surface area (Å²) < 4.78 is 5.21. The van der Waals surface area contributed by atoms with Crippen LogP contribution in [0.15, 0.2) is 0 Å². The first kappa shape index (κ1) is 12.5. The van der Waals surface area contributed by atoms with Crippen LogP contribution in [0.1, 0.15) is 49.4 Å². The lowest BCUT2D eigenvalue weighted by Crippen LogP contribution is -2.19. The van der Waals surface area contributed by atoms with E-state index in [2.05, 4.69) is 29.4 Å². The number of nitrogens with zero attached hydrogens (tertiary/aromatic N) is 2. The van der Waals surface area contributed by atoms with Gasteiger partial charge in [-0.1, -0.05) is 25.2 Å². The van der Waals surface area contributed by atoms with Crippen molar-refractivity contribution in [2.24, 2.45) is 0 Å². The molecule has 1 aromatic heterocycles. The average molecular weight is 229 g/mol. The number of hydrogen-bond acceptors (Lipinski definition) is 5. The molecule has 2 unspecified atom stereocenters. The van der Waals surface area contributed by atoms with E-state index >= 15 is 0 Å². The molecule has 0 saturated heterocycles. The molecule has 0 spiro atoms. The molecule has 0 amide bonds. The van der Waals surface area contributed by atoms with Gasteiger partial charge in [-0.2, -0.15) is 0 Å². The standard InChI is InChI=1S/C10H19N3OS/c1-5-8(11-6-2)10-13-12-9(15-10)7(3)14-4/h7-8,11H,5-6H2,1-4H3. The average Bonchev–Trinajstić information content (AvgIpc) is 2.73. The number of nitrogens with one attached hydrogen (secondary N) is 1. The number of rotatable bonds is 6. The van der Waals surface area contributed by atoms with Crippen molar-refractivity contribution in [3.8, 4) is 0 Å². The predicted molar refractivity (Wildman–Crippen MR) is 62.0 cm³/mol. The Labute approximate surface area is 95.1 Å². The Morgan fingerprint density at radius 2 is 2.00 bits per heavy atom. The highest BCUT2D eigenvalue weighted by atomic mass is 32.1. The van der Waals surface area contributed by atoms with Crippen molar-refractivity contribution in [3.05, 3.63) is 10.0 Å². The molecule has 1 rings (SSSR count). The monoisotopic (exact) mass is 229 g/mol. The van der Waals surface area contributed by atoms with Crippen LogP contribution >= 0.6 is 11.3 Å². The maximum Gasteiger partial charge on any atom is 0.146 e. The third kappa shape index (κ3) is 3.22. The van der Waals surface area contributed by atoms with Crippen LogP contribution in [-0.2, 0) is 4.74 Å². The normalized spacial score (nSPS) is 15.2. The molecule has 0 aromatic carbocycles. The second-order valence-corrected chi connectivity index (χ2v) is 4.42. The van der Waals surface area contributed by atoms with Gasteiger partial charge in [0, 0.05) is 7.11 Å². The Bertz CT molecular complexity index is 290. The number of aromatic nitrogens is 2. The van der Waals surface area contributed by atoms with E-state index in [4.69, 9.17) is 4.74 Å². The molecule has 0 saturated carbocycles. The molecular formula is C10H19N3OS. The third-order valence-corrected chi connectivity index (χ3v) is 3.51. The van der Waals surface area contributed by atoms with Crippen molar-refractivity contribution < 1.29 is 4.74 Å². The van der Waals surface area contributed by atoms with Crippen LogP contribution in [0, 0.1) is 0 Å². The largest absolute Gasteiger partial charge is 0.374 e. The minimum absolute atomic E-state index is 0.0374. The highest BCUT2D eigenvalue weighted by Gasteiger charge is 2.16. The first-order valence-electron chi connectivity index (χ1n) is 5.32. The molecule has 1 aromatic rings. The van der Waals surface area contributed by atoms with E-state index in [9.17, 15) is 0 Å². The second kappa shape index (κ2) is 6.15. The number of hydrogen-bond donors (Lipinski definition) is 1. The quantitative estimate of drug-likeness (QED) is 0.813. The summed E-state index contributed by atoms with van der Waals surface area (Å²) in [5.74, 6) is 0. The highest BCUT2D eigenvalue weighted by molar-refractivity contribution is 7.11. The third-order valence-electron chi connectivity index (χ3n) is 2.31. The molecule has 0 fully saturated rings. The lowest BCUT2D eigenvalue weighted by Gasteiger charge is -2.11. The number of ether oxygens (including phenoxy) is 1. The van der Waals surface area contributed by atoms with Gasteiger partial charge in [-0.05, 0) is 19.9 Å². The topological polar surface area (TPSA) is 47.0 Å². The van der Waals surface area contributed by atoms with Crippen LogP contribution in [0.4, 0.5) is 0 Å². The van der Waals surface area contributed by atoms with Crippen molar-refractivity contribution >= 4 is 11.3 Å². The van der Waals surface area contributed by atoms with Crippen LogP contribution in [0.2, 0.25) is 0 Å². The summed E-state index contributed by atoms with van der Waals surface area (Å²) in [4.78, 5) is 0. The van der Waals surface area contributed by atoms with E-state index in [-0.39, 0.29) is 6.10 Å². The highest BCUT2D eigenvalue weighted by Crippen LogP contribution is 2.25.